The Bertz CT molecular complexity index is 546. The number of methoxy groups -OCH3 is 1. The van der Waals surface area contributed by atoms with Gasteiger partial charge in [-0.1, -0.05) is 30.3 Å². The second kappa shape index (κ2) is 4.97. The number of hydrogen-bond donors (Lipinski definition) is 1. The normalized spacial score (nSPS) is 10.5. The van der Waals surface area contributed by atoms with Crippen LogP contribution in [0.1, 0.15) is 15.9 Å². The smallest absolute Gasteiger partial charge is 0.338 e. The molecule has 0 heterocycles. The lowest BCUT2D eigenvalue weighted by molar-refractivity contribution is 0.0603. The van der Waals surface area contributed by atoms with E-state index in [1.807, 2.05) is 30.3 Å². The van der Waals surface area contributed by atoms with E-state index in [9.17, 15) is 4.79 Å². The Morgan fingerprint density at radius 2 is 2.12 bits per heavy atom. The lowest BCUT2D eigenvalue weighted by atomic mass is 10.0. The van der Waals surface area contributed by atoms with Crippen LogP contribution in [0.25, 0.3) is 10.8 Å². The molecule has 0 bridgehead atoms. The number of rotatable bonds is 3. The Kier molecular flexibility index (Phi) is 3.40. The first-order valence-electron chi connectivity index (χ1n) is 5.47. The van der Waals surface area contributed by atoms with Crippen molar-refractivity contribution in [1.82, 2.24) is 0 Å². The van der Waals surface area contributed by atoms with Gasteiger partial charge in [0.15, 0.2) is 0 Å². The van der Waals surface area contributed by atoms with Crippen LogP contribution in [0.5, 0.6) is 0 Å². The Hall–Kier alpha value is -1.87. The standard InChI is InChI=1S/C14H14O3/c1-17-14(16)13-4-2-3-11-9-10(7-8-15)5-6-12(11)13/h2-6,9,15H,7-8H2,1H3. The van der Waals surface area contributed by atoms with E-state index in [-0.39, 0.29) is 12.6 Å². The molecule has 0 radical (unpaired) electrons. The van der Waals surface area contributed by atoms with Crippen LogP contribution >= 0.6 is 0 Å². The maximum atomic E-state index is 11.6. The molecule has 3 nitrogen and oxygen atoms in total. The molecule has 2 rings (SSSR count). The third-order valence-electron chi connectivity index (χ3n) is 2.75. The molecule has 0 fully saturated rings. The maximum absolute atomic E-state index is 11.6. The molecule has 88 valence electrons. The molecular weight excluding hydrogens is 216 g/mol. The number of carbonyl (C=O) groups is 1. The van der Waals surface area contributed by atoms with E-state index in [1.54, 1.807) is 6.07 Å². The van der Waals surface area contributed by atoms with E-state index >= 15 is 0 Å². The van der Waals surface area contributed by atoms with Gasteiger partial charge in [-0.25, -0.2) is 4.79 Å². The molecular formula is C14H14O3. The van der Waals surface area contributed by atoms with Gasteiger partial charge in [0.25, 0.3) is 0 Å². The predicted molar refractivity (Wildman–Crippen MR) is 66.1 cm³/mol. The minimum Gasteiger partial charge on any atom is -0.465 e. The Morgan fingerprint density at radius 3 is 2.82 bits per heavy atom. The summed E-state index contributed by atoms with van der Waals surface area (Å²) in [6, 6.07) is 11.3. The third-order valence-corrected chi connectivity index (χ3v) is 2.75. The van der Waals surface area contributed by atoms with E-state index in [0.717, 1.165) is 16.3 Å². The number of fused-ring (bicyclic) bond motifs is 1. The zero-order chi connectivity index (χ0) is 12.3. The van der Waals surface area contributed by atoms with E-state index < -0.39 is 0 Å². The monoisotopic (exact) mass is 230 g/mol. The summed E-state index contributed by atoms with van der Waals surface area (Å²) >= 11 is 0. The van der Waals surface area contributed by atoms with E-state index in [0.29, 0.717) is 12.0 Å². The molecule has 1 N–H and O–H groups in total. The van der Waals surface area contributed by atoms with Crippen LogP contribution in [-0.4, -0.2) is 24.8 Å². The van der Waals surface area contributed by atoms with Crippen LogP contribution in [0.4, 0.5) is 0 Å². The average molecular weight is 230 g/mol. The van der Waals surface area contributed by atoms with Crippen LogP contribution in [0.3, 0.4) is 0 Å². The number of benzene rings is 2. The highest BCUT2D eigenvalue weighted by Gasteiger charge is 2.09. The minimum atomic E-state index is -0.328. The Balaban J connectivity index is 2.55. The van der Waals surface area contributed by atoms with E-state index in [2.05, 4.69) is 0 Å². The molecule has 3 heteroatoms. The third kappa shape index (κ3) is 2.29. The van der Waals surface area contributed by atoms with Gasteiger partial charge in [-0.2, -0.15) is 0 Å². The van der Waals surface area contributed by atoms with Crippen LogP contribution in [0.2, 0.25) is 0 Å². The van der Waals surface area contributed by atoms with Gasteiger partial charge in [0.05, 0.1) is 12.7 Å². The number of carbonyl (C=O) groups excluding carboxylic acids is 1. The summed E-state index contributed by atoms with van der Waals surface area (Å²) in [6.45, 7) is 0.127. The average Bonchev–Trinajstić information content (AvgIpc) is 2.37. The number of aliphatic hydroxyl groups is 1. The summed E-state index contributed by atoms with van der Waals surface area (Å²) in [5, 5.41) is 10.8. The molecule has 0 amide bonds. The summed E-state index contributed by atoms with van der Waals surface area (Å²) in [5.74, 6) is -0.328. The van der Waals surface area contributed by atoms with Crippen molar-refractivity contribution in [2.24, 2.45) is 0 Å². The zero-order valence-corrected chi connectivity index (χ0v) is 9.64. The summed E-state index contributed by atoms with van der Waals surface area (Å²) in [4.78, 5) is 11.6. The number of aliphatic hydroxyl groups excluding tert-OH is 1. The predicted octanol–water partition coefficient (Wildman–Crippen LogP) is 2.16. The van der Waals surface area contributed by atoms with Gasteiger partial charge in [0, 0.05) is 6.61 Å². The van der Waals surface area contributed by atoms with Gasteiger partial charge in [-0.05, 0) is 28.8 Å². The van der Waals surface area contributed by atoms with Gasteiger partial charge in [0.1, 0.15) is 0 Å². The lowest BCUT2D eigenvalue weighted by Crippen LogP contribution is -2.02. The number of esters is 1. The van der Waals surface area contributed by atoms with Crippen LogP contribution in [0, 0.1) is 0 Å². The maximum Gasteiger partial charge on any atom is 0.338 e. The molecule has 2 aromatic rings. The van der Waals surface area contributed by atoms with Crippen molar-refractivity contribution in [2.45, 2.75) is 6.42 Å². The molecule has 0 unspecified atom stereocenters. The number of ether oxygens (including phenoxy) is 1. The molecule has 17 heavy (non-hydrogen) atoms. The summed E-state index contributed by atoms with van der Waals surface area (Å²) < 4.78 is 4.74. The van der Waals surface area contributed by atoms with Gasteiger partial charge in [0.2, 0.25) is 0 Å². The van der Waals surface area contributed by atoms with Crippen LogP contribution < -0.4 is 0 Å². The second-order valence-electron chi connectivity index (χ2n) is 3.83. The summed E-state index contributed by atoms with van der Waals surface area (Å²) in [5.41, 5.74) is 1.63. The van der Waals surface area contributed by atoms with Gasteiger partial charge in [-0.15, -0.1) is 0 Å². The fourth-order valence-corrected chi connectivity index (χ4v) is 1.91. The van der Waals surface area contributed by atoms with Crippen molar-refractivity contribution in [3.05, 3.63) is 47.5 Å². The molecule has 0 saturated heterocycles. The highest BCUT2D eigenvalue weighted by Crippen LogP contribution is 2.21. The molecule has 2 aromatic carbocycles. The molecule has 0 aliphatic carbocycles. The van der Waals surface area contributed by atoms with Crippen molar-refractivity contribution >= 4 is 16.7 Å². The quantitative estimate of drug-likeness (QED) is 0.822. The minimum absolute atomic E-state index is 0.127. The fourth-order valence-electron chi connectivity index (χ4n) is 1.91. The molecule has 0 aliphatic heterocycles. The molecule has 0 saturated carbocycles. The molecule has 0 spiro atoms. The molecule has 0 aromatic heterocycles. The zero-order valence-electron chi connectivity index (χ0n) is 9.64. The first-order chi connectivity index (χ1) is 8.26. The Labute approximate surface area is 99.6 Å². The lowest BCUT2D eigenvalue weighted by Gasteiger charge is -2.06. The highest BCUT2D eigenvalue weighted by molar-refractivity contribution is 6.04. The Morgan fingerprint density at radius 1 is 1.29 bits per heavy atom. The van der Waals surface area contributed by atoms with Crippen molar-refractivity contribution in [3.63, 3.8) is 0 Å². The summed E-state index contributed by atoms with van der Waals surface area (Å²) in [6.07, 6.45) is 0.623. The largest absolute Gasteiger partial charge is 0.465 e. The van der Waals surface area contributed by atoms with Crippen LogP contribution in [-0.2, 0) is 11.2 Å². The van der Waals surface area contributed by atoms with E-state index in [4.69, 9.17) is 9.84 Å². The fraction of sp³-hybridized carbons (Fsp3) is 0.214. The van der Waals surface area contributed by atoms with Crippen molar-refractivity contribution in [1.29, 1.82) is 0 Å². The highest BCUT2D eigenvalue weighted by atomic mass is 16.5. The number of hydrogen-bond acceptors (Lipinski definition) is 3. The topological polar surface area (TPSA) is 46.5 Å². The van der Waals surface area contributed by atoms with Gasteiger partial charge < -0.3 is 9.84 Å². The molecule has 0 aliphatic rings. The van der Waals surface area contributed by atoms with Crippen LogP contribution in [0.15, 0.2) is 36.4 Å². The van der Waals surface area contributed by atoms with Crippen molar-refractivity contribution in [3.8, 4) is 0 Å². The SMILES string of the molecule is COC(=O)c1cccc2cc(CCO)ccc12. The van der Waals surface area contributed by atoms with Crippen molar-refractivity contribution < 1.29 is 14.6 Å². The van der Waals surface area contributed by atoms with E-state index in [1.165, 1.54) is 7.11 Å². The first-order valence-corrected chi connectivity index (χ1v) is 5.47. The summed E-state index contributed by atoms with van der Waals surface area (Å²) in [7, 11) is 1.38. The molecule has 0 atom stereocenters. The van der Waals surface area contributed by atoms with Gasteiger partial charge in [-0.3, -0.25) is 0 Å². The first kappa shape index (κ1) is 11.6. The second-order valence-corrected chi connectivity index (χ2v) is 3.83. The van der Waals surface area contributed by atoms with Crippen molar-refractivity contribution in [2.75, 3.05) is 13.7 Å². The van der Waals surface area contributed by atoms with Gasteiger partial charge >= 0.3 is 5.97 Å².